The molecule has 3 aromatic rings. The standard InChI is InChI=1S/C20H11BrClNO3/c21-19-8-7-18(26-19)20(24)25-17-6-1-3-13(10-17)9-15(12-23)14-4-2-5-16(22)11-14/h1-11H/b15-9-. The first-order valence-corrected chi connectivity index (χ1v) is 8.67. The summed E-state index contributed by atoms with van der Waals surface area (Å²) in [6.45, 7) is 0. The monoisotopic (exact) mass is 427 g/mol. The van der Waals surface area contributed by atoms with Gasteiger partial charge in [-0.25, -0.2) is 4.79 Å². The molecule has 0 saturated heterocycles. The number of rotatable bonds is 4. The average molecular weight is 429 g/mol. The van der Waals surface area contributed by atoms with E-state index in [1.807, 2.05) is 6.07 Å². The van der Waals surface area contributed by atoms with E-state index in [4.69, 9.17) is 20.8 Å². The smallest absolute Gasteiger partial charge is 0.379 e. The van der Waals surface area contributed by atoms with E-state index in [1.165, 1.54) is 6.07 Å². The molecule has 2 aromatic carbocycles. The molecule has 0 aliphatic carbocycles. The number of nitrogens with zero attached hydrogens (tertiary/aromatic N) is 1. The molecule has 4 nitrogen and oxygen atoms in total. The maximum absolute atomic E-state index is 12.1. The van der Waals surface area contributed by atoms with E-state index in [2.05, 4.69) is 22.0 Å². The van der Waals surface area contributed by atoms with Gasteiger partial charge in [-0.05, 0) is 69.5 Å². The SMILES string of the molecule is N#C/C(=C/c1cccc(OC(=O)c2ccc(Br)o2)c1)c1cccc(Cl)c1. The molecule has 0 atom stereocenters. The molecule has 0 bridgehead atoms. The van der Waals surface area contributed by atoms with Crippen LogP contribution in [0.15, 0.2) is 69.8 Å². The lowest BCUT2D eigenvalue weighted by Gasteiger charge is -2.04. The first-order chi connectivity index (χ1) is 12.5. The minimum atomic E-state index is -0.604. The van der Waals surface area contributed by atoms with Gasteiger partial charge in [-0.3, -0.25) is 0 Å². The van der Waals surface area contributed by atoms with Crippen molar-refractivity contribution in [1.82, 2.24) is 0 Å². The highest BCUT2D eigenvalue weighted by molar-refractivity contribution is 9.10. The molecule has 0 aliphatic heterocycles. The Morgan fingerprint density at radius 3 is 2.65 bits per heavy atom. The molecule has 0 radical (unpaired) electrons. The Balaban J connectivity index is 1.84. The minimum Gasteiger partial charge on any atom is -0.442 e. The second-order valence-electron chi connectivity index (χ2n) is 5.25. The summed E-state index contributed by atoms with van der Waals surface area (Å²) >= 11 is 9.12. The van der Waals surface area contributed by atoms with E-state index < -0.39 is 5.97 Å². The molecule has 6 heteroatoms. The van der Waals surface area contributed by atoms with Crippen molar-refractivity contribution in [3.8, 4) is 11.8 Å². The maximum atomic E-state index is 12.1. The van der Waals surface area contributed by atoms with Gasteiger partial charge in [0.25, 0.3) is 0 Å². The van der Waals surface area contributed by atoms with Crippen molar-refractivity contribution in [2.45, 2.75) is 0 Å². The van der Waals surface area contributed by atoms with Gasteiger partial charge < -0.3 is 9.15 Å². The summed E-state index contributed by atoms with van der Waals surface area (Å²) in [7, 11) is 0. The Kier molecular flexibility index (Phi) is 5.57. The van der Waals surface area contributed by atoms with Gasteiger partial charge in [0.1, 0.15) is 5.75 Å². The van der Waals surface area contributed by atoms with Gasteiger partial charge in [0, 0.05) is 5.02 Å². The zero-order valence-electron chi connectivity index (χ0n) is 13.3. The third kappa shape index (κ3) is 4.42. The van der Waals surface area contributed by atoms with Gasteiger partial charge in [-0.2, -0.15) is 5.26 Å². The Morgan fingerprint density at radius 2 is 1.96 bits per heavy atom. The molecule has 0 N–H and O–H groups in total. The molecule has 0 unspecified atom stereocenters. The van der Waals surface area contributed by atoms with Crippen LogP contribution in [0.3, 0.4) is 0 Å². The van der Waals surface area contributed by atoms with Crippen LogP contribution in [0.25, 0.3) is 11.6 Å². The fourth-order valence-electron chi connectivity index (χ4n) is 2.25. The first-order valence-electron chi connectivity index (χ1n) is 7.50. The maximum Gasteiger partial charge on any atom is 0.379 e. The third-order valence-corrected chi connectivity index (χ3v) is 4.07. The second kappa shape index (κ2) is 8.05. The summed E-state index contributed by atoms with van der Waals surface area (Å²) in [6, 6.07) is 19.2. The number of ether oxygens (including phenoxy) is 1. The topological polar surface area (TPSA) is 63.2 Å². The average Bonchev–Trinajstić information content (AvgIpc) is 3.06. The molecule has 0 aliphatic rings. The number of hydrogen-bond donors (Lipinski definition) is 0. The number of hydrogen-bond acceptors (Lipinski definition) is 4. The van der Waals surface area contributed by atoms with Crippen LogP contribution in [0, 0.1) is 11.3 Å². The zero-order valence-corrected chi connectivity index (χ0v) is 15.6. The summed E-state index contributed by atoms with van der Waals surface area (Å²) in [6.07, 6.45) is 1.70. The largest absolute Gasteiger partial charge is 0.442 e. The summed E-state index contributed by atoms with van der Waals surface area (Å²) in [5.74, 6) is -0.165. The quantitative estimate of drug-likeness (QED) is 0.222. The van der Waals surface area contributed by atoms with Gasteiger partial charge in [-0.1, -0.05) is 35.9 Å². The minimum absolute atomic E-state index is 0.0921. The lowest BCUT2D eigenvalue weighted by molar-refractivity contribution is 0.0700. The molecule has 128 valence electrons. The number of allylic oxidation sites excluding steroid dienone is 1. The number of nitriles is 1. The Bertz CT molecular complexity index is 1030. The number of furan rings is 1. The van der Waals surface area contributed by atoms with Crippen molar-refractivity contribution < 1.29 is 13.9 Å². The number of carbonyl (C=O) groups is 1. The molecule has 0 amide bonds. The van der Waals surface area contributed by atoms with Gasteiger partial charge in [0.15, 0.2) is 4.67 Å². The van der Waals surface area contributed by atoms with Crippen molar-refractivity contribution in [2.24, 2.45) is 0 Å². The third-order valence-electron chi connectivity index (χ3n) is 3.41. The van der Waals surface area contributed by atoms with Crippen LogP contribution in [0.1, 0.15) is 21.7 Å². The molecule has 26 heavy (non-hydrogen) atoms. The molecular weight excluding hydrogens is 418 g/mol. The number of halogens is 2. The van der Waals surface area contributed by atoms with Crippen LogP contribution in [-0.4, -0.2) is 5.97 Å². The van der Waals surface area contributed by atoms with Crippen LogP contribution in [-0.2, 0) is 0 Å². The van der Waals surface area contributed by atoms with Crippen molar-refractivity contribution in [3.63, 3.8) is 0 Å². The highest BCUT2D eigenvalue weighted by Crippen LogP contribution is 2.23. The van der Waals surface area contributed by atoms with Gasteiger partial charge in [0.2, 0.25) is 5.76 Å². The second-order valence-corrected chi connectivity index (χ2v) is 6.46. The van der Waals surface area contributed by atoms with E-state index in [9.17, 15) is 10.1 Å². The van der Waals surface area contributed by atoms with E-state index in [0.717, 1.165) is 0 Å². The first kappa shape index (κ1) is 18.0. The molecular formula is C20H11BrClNO3. The number of esters is 1. The molecule has 0 fully saturated rings. The Morgan fingerprint density at radius 1 is 1.15 bits per heavy atom. The fraction of sp³-hybridized carbons (Fsp3) is 0. The summed E-state index contributed by atoms with van der Waals surface area (Å²) in [5.41, 5.74) is 1.88. The van der Waals surface area contributed by atoms with Crippen molar-refractivity contribution in [3.05, 3.63) is 87.2 Å². The zero-order chi connectivity index (χ0) is 18.5. The van der Waals surface area contributed by atoms with E-state index in [0.29, 0.717) is 32.1 Å². The van der Waals surface area contributed by atoms with E-state index >= 15 is 0 Å². The van der Waals surface area contributed by atoms with Crippen molar-refractivity contribution in [2.75, 3.05) is 0 Å². The summed E-state index contributed by atoms with van der Waals surface area (Å²) < 4.78 is 10.9. The van der Waals surface area contributed by atoms with Crippen LogP contribution < -0.4 is 4.74 Å². The summed E-state index contributed by atoms with van der Waals surface area (Å²) in [5, 5.41) is 9.99. The number of carbonyl (C=O) groups excluding carboxylic acids is 1. The van der Waals surface area contributed by atoms with Crippen LogP contribution in [0.4, 0.5) is 0 Å². The van der Waals surface area contributed by atoms with Crippen LogP contribution in [0.2, 0.25) is 5.02 Å². The lowest BCUT2D eigenvalue weighted by atomic mass is 10.0. The Hall–Kier alpha value is -2.81. The van der Waals surface area contributed by atoms with Crippen molar-refractivity contribution in [1.29, 1.82) is 5.26 Å². The van der Waals surface area contributed by atoms with Gasteiger partial charge >= 0.3 is 5.97 Å². The van der Waals surface area contributed by atoms with Gasteiger partial charge in [0.05, 0.1) is 11.6 Å². The highest BCUT2D eigenvalue weighted by Gasteiger charge is 2.13. The Labute approximate surface area is 163 Å². The predicted molar refractivity (Wildman–Crippen MR) is 103 cm³/mol. The molecule has 1 aromatic heterocycles. The van der Waals surface area contributed by atoms with E-state index in [1.54, 1.807) is 54.6 Å². The summed E-state index contributed by atoms with van der Waals surface area (Å²) in [4.78, 5) is 12.1. The fourth-order valence-corrected chi connectivity index (χ4v) is 2.75. The van der Waals surface area contributed by atoms with E-state index in [-0.39, 0.29) is 5.76 Å². The molecule has 0 spiro atoms. The lowest BCUT2D eigenvalue weighted by Crippen LogP contribution is -2.07. The molecule has 1 heterocycles. The predicted octanol–water partition coefficient (Wildman–Crippen LogP) is 5.98. The normalized spacial score (nSPS) is 11.0. The van der Waals surface area contributed by atoms with Gasteiger partial charge in [-0.15, -0.1) is 0 Å². The van der Waals surface area contributed by atoms with Crippen LogP contribution in [0.5, 0.6) is 5.75 Å². The molecule has 0 saturated carbocycles. The highest BCUT2D eigenvalue weighted by atomic mass is 79.9. The van der Waals surface area contributed by atoms with Crippen molar-refractivity contribution >= 4 is 45.1 Å². The number of benzene rings is 2. The van der Waals surface area contributed by atoms with Crippen LogP contribution >= 0.6 is 27.5 Å². The molecule has 3 rings (SSSR count).